The van der Waals surface area contributed by atoms with Crippen LogP contribution in [0.5, 0.6) is 0 Å². The predicted octanol–water partition coefficient (Wildman–Crippen LogP) is 1.74. The molecule has 0 bridgehead atoms. The Hall–Kier alpha value is -2.21. The molecule has 2 rings (SSSR count). The molecule has 100 valence electrons. The number of methoxy groups -OCH3 is 1. The van der Waals surface area contributed by atoms with E-state index in [0.29, 0.717) is 5.82 Å². The maximum atomic E-state index is 10.6. The molecule has 6 nitrogen and oxygen atoms in total. The number of nitrogens with zero attached hydrogens (tertiary/aromatic N) is 3. The first kappa shape index (κ1) is 13.2. The second kappa shape index (κ2) is 5.62. The Labute approximate surface area is 110 Å². The number of carboxylic acids is 1. The minimum Gasteiger partial charge on any atom is -0.480 e. The van der Waals surface area contributed by atoms with Crippen molar-refractivity contribution in [1.82, 2.24) is 14.8 Å². The third kappa shape index (κ3) is 3.17. The summed E-state index contributed by atoms with van der Waals surface area (Å²) in [6.07, 6.45) is 1.40. The number of carboxylic acid groups (broad SMARTS) is 1. The van der Waals surface area contributed by atoms with E-state index >= 15 is 0 Å². The summed E-state index contributed by atoms with van der Waals surface area (Å²) in [6.45, 7) is 1.76. The van der Waals surface area contributed by atoms with Crippen molar-refractivity contribution in [3.05, 3.63) is 36.2 Å². The van der Waals surface area contributed by atoms with Crippen LogP contribution >= 0.6 is 0 Å². The monoisotopic (exact) mass is 261 g/mol. The summed E-state index contributed by atoms with van der Waals surface area (Å²) in [4.78, 5) is 14.7. The van der Waals surface area contributed by atoms with Gasteiger partial charge in [0, 0.05) is 12.7 Å². The van der Waals surface area contributed by atoms with Crippen molar-refractivity contribution in [3.8, 4) is 11.4 Å². The van der Waals surface area contributed by atoms with E-state index in [1.165, 1.54) is 11.0 Å². The molecule has 1 N–H and O–H groups in total. The average molecular weight is 261 g/mol. The van der Waals surface area contributed by atoms with Crippen LogP contribution < -0.4 is 0 Å². The molecule has 0 aliphatic carbocycles. The SMILES string of the molecule is COC(C)c1cccc(-c2ncn(CC(=O)O)n2)c1. The molecule has 0 saturated carbocycles. The van der Waals surface area contributed by atoms with Crippen molar-refractivity contribution >= 4 is 5.97 Å². The number of hydrogen-bond acceptors (Lipinski definition) is 4. The molecule has 0 aliphatic rings. The number of benzene rings is 1. The largest absolute Gasteiger partial charge is 0.480 e. The molecular weight excluding hydrogens is 246 g/mol. The molecular formula is C13H15N3O3. The first-order valence-electron chi connectivity index (χ1n) is 5.84. The highest BCUT2D eigenvalue weighted by Crippen LogP contribution is 2.21. The van der Waals surface area contributed by atoms with E-state index in [-0.39, 0.29) is 12.6 Å². The standard InChI is InChI=1S/C13H15N3O3/c1-9(19-2)10-4-3-5-11(6-10)13-14-8-16(15-13)7-12(17)18/h3-6,8-9H,7H2,1-2H3,(H,17,18). The zero-order chi connectivity index (χ0) is 13.8. The maximum absolute atomic E-state index is 10.6. The Morgan fingerprint density at radius 2 is 2.32 bits per heavy atom. The third-order valence-corrected chi connectivity index (χ3v) is 2.80. The Morgan fingerprint density at radius 1 is 1.53 bits per heavy atom. The Balaban J connectivity index is 2.26. The van der Waals surface area contributed by atoms with Crippen molar-refractivity contribution in [2.75, 3.05) is 7.11 Å². The lowest BCUT2D eigenvalue weighted by Crippen LogP contribution is -2.08. The summed E-state index contributed by atoms with van der Waals surface area (Å²) in [7, 11) is 1.65. The third-order valence-electron chi connectivity index (χ3n) is 2.80. The Morgan fingerprint density at radius 3 is 3.00 bits per heavy atom. The summed E-state index contributed by atoms with van der Waals surface area (Å²) in [5.41, 5.74) is 1.86. The van der Waals surface area contributed by atoms with E-state index in [9.17, 15) is 4.79 Å². The molecule has 1 aromatic heterocycles. The van der Waals surface area contributed by atoms with E-state index in [4.69, 9.17) is 9.84 Å². The number of hydrogen-bond donors (Lipinski definition) is 1. The molecule has 0 spiro atoms. The van der Waals surface area contributed by atoms with Crippen LogP contribution in [0.25, 0.3) is 11.4 Å². The summed E-state index contributed by atoms with van der Waals surface area (Å²) < 4.78 is 6.56. The number of ether oxygens (including phenoxy) is 1. The molecule has 0 radical (unpaired) electrons. The summed E-state index contributed by atoms with van der Waals surface area (Å²) in [5.74, 6) is -0.440. The van der Waals surface area contributed by atoms with Gasteiger partial charge < -0.3 is 9.84 Å². The van der Waals surface area contributed by atoms with Gasteiger partial charge in [0.15, 0.2) is 5.82 Å². The van der Waals surface area contributed by atoms with Gasteiger partial charge in [-0.15, -0.1) is 0 Å². The van der Waals surface area contributed by atoms with Crippen LogP contribution in [0.3, 0.4) is 0 Å². The van der Waals surface area contributed by atoms with Crippen LogP contribution in [0.4, 0.5) is 0 Å². The first-order valence-corrected chi connectivity index (χ1v) is 5.84. The van der Waals surface area contributed by atoms with Crippen LogP contribution in [0.15, 0.2) is 30.6 Å². The van der Waals surface area contributed by atoms with Gasteiger partial charge in [0.2, 0.25) is 0 Å². The Kier molecular flexibility index (Phi) is 3.91. The molecule has 1 heterocycles. The van der Waals surface area contributed by atoms with E-state index in [1.54, 1.807) is 7.11 Å². The second-order valence-corrected chi connectivity index (χ2v) is 4.16. The van der Waals surface area contributed by atoms with Crippen LogP contribution in [-0.2, 0) is 16.1 Å². The van der Waals surface area contributed by atoms with Crippen LogP contribution in [0.1, 0.15) is 18.6 Å². The minimum atomic E-state index is -0.946. The van der Waals surface area contributed by atoms with Gasteiger partial charge in [-0.3, -0.25) is 4.79 Å². The first-order chi connectivity index (χ1) is 9.10. The van der Waals surface area contributed by atoms with Gasteiger partial charge in [-0.05, 0) is 18.6 Å². The molecule has 1 unspecified atom stereocenters. The second-order valence-electron chi connectivity index (χ2n) is 4.16. The normalized spacial score (nSPS) is 12.3. The van der Waals surface area contributed by atoms with Crippen LogP contribution in [0.2, 0.25) is 0 Å². The molecule has 0 fully saturated rings. The molecule has 0 amide bonds. The maximum Gasteiger partial charge on any atom is 0.325 e. The highest BCUT2D eigenvalue weighted by Gasteiger charge is 2.09. The molecule has 2 aromatic rings. The van der Waals surface area contributed by atoms with Gasteiger partial charge >= 0.3 is 5.97 Å². The molecule has 19 heavy (non-hydrogen) atoms. The molecule has 1 aromatic carbocycles. The van der Waals surface area contributed by atoms with Gasteiger partial charge in [-0.2, -0.15) is 5.10 Å². The van der Waals surface area contributed by atoms with Crippen molar-refractivity contribution < 1.29 is 14.6 Å². The fraction of sp³-hybridized carbons (Fsp3) is 0.308. The van der Waals surface area contributed by atoms with Crippen LogP contribution in [-0.4, -0.2) is 33.0 Å². The van der Waals surface area contributed by atoms with Crippen LogP contribution in [0, 0.1) is 0 Å². The number of rotatable bonds is 5. The van der Waals surface area contributed by atoms with E-state index in [2.05, 4.69) is 10.1 Å². The molecule has 0 saturated heterocycles. The predicted molar refractivity (Wildman–Crippen MR) is 68.5 cm³/mol. The summed E-state index contributed by atoms with van der Waals surface area (Å²) >= 11 is 0. The van der Waals surface area contributed by atoms with Gasteiger partial charge in [0.05, 0.1) is 6.10 Å². The van der Waals surface area contributed by atoms with Gasteiger partial charge in [-0.25, -0.2) is 9.67 Å². The summed E-state index contributed by atoms with van der Waals surface area (Å²) in [6, 6.07) is 7.69. The van der Waals surface area contributed by atoms with E-state index < -0.39 is 5.97 Å². The van der Waals surface area contributed by atoms with Gasteiger partial charge in [-0.1, -0.05) is 18.2 Å². The molecule has 1 atom stereocenters. The highest BCUT2D eigenvalue weighted by molar-refractivity contribution is 5.66. The van der Waals surface area contributed by atoms with Crippen molar-refractivity contribution in [3.63, 3.8) is 0 Å². The Bertz CT molecular complexity index is 580. The number of aliphatic carboxylic acids is 1. The summed E-state index contributed by atoms with van der Waals surface area (Å²) in [5, 5.41) is 12.8. The number of aromatic nitrogens is 3. The fourth-order valence-corrected chi connectivity index (χ4v) is 1.71. The lowest BCUT2D eigenvalue weighted by atomic mass is 10.1. The van der Waals surface area contributed by atoms with Crippen molar-refractivity contribution in [2.24, 2.45) is 0 Å². The van der Waals surface area contributed by atoms with Crippen molar-refractivity contribution in [2.45, 2.75) is 19.6 Å². The van der Waals surface area contributed by atoms with Crippen molar-refractivity contribution in [1.29, 1.82) is 0 Å². The van der Waals surface area contributed by atoms with Gasteiger partial charge in [0.25, 0.3) is 0 Å². The zero-order valence-electron chi connectivity index (χ0n) is 10.8. The lowest BCUT2D eigenvalue weighted by molar-refractivity contribution is -0.137. The number of carbonyl (C=O) groups is 1. The van der Waals surface area contributed by atoms with E-state index in [0.717, 1.165) is 11.1 Å². The lowest BCUT2D eigenvalue weighted by Gasteiger charge is -2.10. The topological polar surface area (TPSA) is 77.2 Å². The zero-order valence-corrected chi connectivity index (χ0v) is 10.8. The molecule has 0 aliphatic heterocycles. The average Bonchev–Trinajstić information content (AvgIpc) is 2.85. The molecule has 6 heteroatoms. The quantitative estimate of drug-likeness (QED) is 0.887. The highest BCUT2D eigenvalue weighted by atomic mass is 16.5. The van der Waals surface area contributed by atoms with Gasteiger partial charge in [0.1, 0.15) is 12.9 Å². The smallest absolute Gasteiger partial charge is 0.325 e. The minimum absolute atomic E-state index is 0.0129. The fourth-order valence-electron chi connectivity index (χ4n) is 1.71. The van der Waals surface area contributed by atoms with E-state index in [1.807, 2.05) is 31.2 Å².